The van der Waals surface area contributed by atoms with E-state index in [1.807, 2.05) is 6.07 Å². The van der Waals surface area contributed by atoms with Crippen LogP contribution in [0.5, 0.6) is 5.75 Å². The van der Waals surface area contributed by atoms with Gasteiger partial charge in [0.25, 0.3) is 0 Å². The minimum absolute atomic E-state index is 0.461. The van der Waals surface area contributed by atoms with Crippen molar-refractivity contribution in [3.05, 3.63) is 29.3 Å². The van der Waals surface area contributed by atoms with E-state index in [-0.39, 0.29) is 0 Å². The van der Waals surface area contributed by atoms with Crippen LogP contribution >= 0.6 is 0 Å². The average Bonchev–Trinajstić information content (AvgIpc) is 2.71. The first-order chi connectivity index (χ1) is 7.72. The molecule has 1 aliphatic rings. The highest BCUT2D eigenvalue weighted by Gasteiger charge is 2.24. The third-order valence-electron chi connectivity index (χ3n) is 3.58. The van der Waals surface area contributed by atoms with Crippen LogP contribution in [-0.4, -0.2) is 16.0 Å². The Hall–Kier alpha value is -1.02. The fourth-order valence-electron chi connectivity index (χ4n) is 2.42. The zero-order valence-electron chi connectivity index (χ0n) is 10.2. The van der Waals surface area contributed by atoms with Gasteiger partial charge in [-0.15, -0.1) is 0 Å². The van der Waals surface area contributed by atoms with E-state index in [1.54, 1.807) is 6.07 Å². The molecular formula is C14H21NO. The van der Waals surface area contributed by atoms with E-state index in [0.717, 1.165) is 18.7 Å². The summed E-state index contributed by atoms with van der Waals surface area (Å²) in [5.74, 6) is 0.461. The maximum atomic E-state index is 9.78. The highest BCUT2D eigenvalue weighted by atomic mass is 16.3. The summed E-state index contributed by atoms with van der Waals surface area (Å²) in [4.78, 5) is 2.46. The number of unbranched alkanes of at least 4 members (excludes halogenated alkanes) is 1. The molecule has 1 atom stereocenters. The first-order valence-electron chi connectivity index (χ1n) is 6.26. The molecule has 16 heavy (non-hydrogen) atoms. The van der Waals surface area contributed by atoms with Gasteiger partial charge >= 0.3 is 0 Å². The highest BCUT2D eigenvalue weighted by molar-refractivity contribution is 5.41. The van der Waals surface area contributed by atoms with Crippen molar-refractivity contribution in [2.45, 2.75) is 52.2 Å². The number of phenols is 1. The van der Waals surface area contributed by atoms with Crippen LogP contribution in [0.2, 0.25) is 0 Å². The molecule has 1 N–H and O–H groups in total. The Kier molecular flexibility index (Phi) is 3.49. The first-order valence-corrected chi connectivity index (χ1v) is 6.26. The van der Waals surface area contributed by atoms with Crippen molar-refractivity contribution >= 4 is 0 Å². The number of nitrogens with zero attached hydrogens (tertiary/aromatic N) is 1. The van der Waals surface area contributed by atoms with E-state index in [2.05, 4.69) is 24.8 Å². The summed E-state index contributed by atoms with van der Waals surface area (Å²) in [6.45, 7) is 6.43. The number of benzene rings is 1. The molecule has 1 aromatic carbocycles. The van der Waals surface area contributed by atoms with Crippen LogP contribution in [-0.2, 0) is 13.1 Å². The molecule has 0 aliphatic carbocycles. The molecule has 1 aromatic rings. The van der Waals surface area contributed by atoms with Gasteiger partial charge in [-0.1, -0.05) is 31.9 Å². The van der Waals surface area contributed by atoms with Crippen molar-refractivity contribution in [1.82, 2.24) is 4.90 Å². The third-order valence-corrected chi connectivity index (χ3v) is 3.58. The van der Waals surface area contributed by atoms with Crippen LogP contribution in [0.25, 0.3) is 0 Å². The number of hydrogen-bond donors (Lipinski definition) is 1. The van der Waals surface area contributed by atoms with Crippen molar-refractivity contribution in [2.75, 3.05) is 0 Å². The fraction of sp³-hybridized carbons (Fsp3) is 0.571. The normalized spacial score (nSPS) is 17.4. The average molecular weight is 219 g/mol. The largest absolute Gasteiger partial charge is 0.508 e. The summed E-state index contributed by atoms with van der Waals surface area (Å²) in [6, 6.07) is 6.47. The van der Waals surface area contributed by atoms with Crippen LogP contribution in [0.15, 0.2) is 18.2 Å². The minimum Gasteiger partial charge on any atom is -0.508 e. The maximum absolute atomic E-state index is 9.78. The van der Waals surface area contributed by atoms with Gasteiger partial charge in [-0.05, 0) is 25.0 Å². The van der Waals surface area contributed by atoms with E-state index in [1.165, 1.54) is 24.8 Å². The smallest absolute Gasteiger partial charge is 0.120 e. The summed E-state index contributed by atoms with van der Waals surface area (Å²) in [5.41, 5.74) is 2.43. The number of hydrogen-bond acceptors (Lipinski definition) is 2. The van der Waals surface area contributed by atoms with Crippen LogP contribution < -0.4 is 0 Å². The Bertz CT molecular complexity index is 362. The molecule has 0 spiro atoms. The standard InChI is InChI=1S/C14H21NO/c1-3-4-6-11(2)15-9-12-7-5-8-14(16)13(12)10-15/h5,7-8,11,16H,3-4,6,9-10H2,1-2H3. The van der Waals surface area contributed by atoms with E-state index < -0.39 is 0 Å². The van der Waals surface area contributed by atoms with Gasteiger partial charge in [0.05, 0.1) is 0 Å². The van der Waals surface area contributed by atoms with Gasteiger partial charge in [0.1, 0.15) is 5.75 Å². The lowest BCUT2D eigenvalue weighted by Crippen LogP contribution is -2.27. The quantitative estimate of drug-likeness (QED) is 0.840. The second-order valence-corrected chi connectivity index (χ2v) is 4.81. The lowest BCUT2D eigenvalue weighted by Gasteiger charge is -2.23. The third kappa shape index (κ3) is 2.22. The second-order valence-electron chi connectivity index (χ2n) is 4.81. The molecule has 88 valence electrons. The topological polar surface area (TPSA) is 23.5 Å². The van der Waals surface area contributed by atoms with Crippen LogP contribution in [0.3, 0.4) is 0 Å². The molecule has 0 radical (unpaired) electrons. The molecule has 0 saturated heterocycles. The summed E-state index contributed by atoms with van der Waals surface area (Å²) in [5, 5.41) is 9.78. The molecule has 2 rings (SSSR count). The highest BCUT2D eigenvalue weighted by Crippen LogP contribution is 2.31. The number of rotatable bonds is 4. The van der Waals surface area contributed by atoms with Crippen molar-refractivity contribution < 1.29 is 5.11 Å². The lowest BCUT2D eigenvalue weighted by molar-refractivity contribution is 0.199. The van der Waals surface area contributed by atoms with Crippen LogP contribution in [0.4, 0.5) is 0 Å². The van der Waals surface area contributed by atoms with Crippen molar-refractivity contribution in [3.63, 3.8) is 0 Å². The Balaban J connectivity index is 2.02. The zero-order chi connectivity index (χ0) is 11.5. The Morgan fingerprint density at radius 1 is 1.38 bits per heavy atom. The Morgan fingerprint density at radius 2 is 2.19 bits per heavy atom. The molecule has 1 heterocycles. The van der Waals surface area contributed by atoms with Crippen molar-refractivity contribution in [2.24, 2.45) is 0 Å². The van der Waals surface area contributed by atoms with Gasteiger partial charge in [-0.2, -0.15) is 0 Å². The molecular weight excluding hydrogens is 198 g/mol. The van der Waals surface area contributed by atoms with E-state index in [0.29, 0.717) is 11.8 Å². The van der Waals surface area contributed by atoms with Gasteiger partial charge in [0.2, 0.25) is 0 Å². The van der Waals surface area contributed by atoms with Gasteiger partial charge < -0.3 is 5.11 Å². The Morgan fingerprint density at radius 3 is 2.88 bits per heavy atom. The van der Waals surface area contributed by atoms with Gasteiger partial charge in [0, 0.05) is 24.7 Å². The predicted molar refractivity (Wildman–Crippen MR) is 66.3 cm³/mol. The summed E-state index contributed by atoms with van der Waals surface area (Å²) >= 11 is 0. The molecule has 0 bridgehead atoms. The molecule has 0 amide bonds. The van der Waals surface area contributed by atoms with Gasteiger partial charge in [0.15, 0.2) is 0 Å². The summed E-state index contributed by atoms with van der Waals surface area (Å²) < 4.78 is 0. The first kappa shape index (κ1) is 11.5. The number of phenolic OH excluding ortho intramolecular Hbond substituents is 1. The molecule has 0 aromatic heterocycles. The van der Waals surface area contributed by atoms with Crippen LogP contribution in [0.1, 0.15) is 44.2 Å². The fourth-order valence-corrected chi connectivity index (χ4v) is 2.42. The lowest BCUT2D eigenvalue weighted by atomic mass is 10.1. The molecule has 0 saturated carbocycles. The summed E-state index contributed by atoms with van der Waals surface area (Å²) in [7, 11) is 0. The van der Waals surface area contributed by atoms with E-state index in [4.69, 9.17) is 0 Å². The SMILES string of the molecule is CCCCC(C)N1Cc2cccc(O)c2C1. The van der Waals surface area contributed by atoms with E-state index >= 15 is 0 Å². The minimum atomic E-state index is 0.461. The predicted octanol–water partition coefficient (Wildman–Crippen LogP) is 3.29. The zero-order valence-corrected chi connectivity index (χ0v) is 10.2. The van der Waals surface area contributed by atoms with Crippen LogP contribution in [0, 0.1) is 0 Å². The van der Waals surface area contributed by atoms with Crippen molar-refractivity contribution in [1.29, 1.82) is 0 Å². The molecule has 2 nitrogen and oxygen atoms in total. The number of fused-ring (bicyclic) bond motifs is 1. The molecule has 0 fully saturated rings. The molecule has 2 heteroatoms. The van der Waals surface area contributed by atoms with E-state index in [9.17, 15) is 5.11 Å². The Labute approximate surface area is 97.9 Å². The second kappa shape index (κ2) is 4.88. The molecule has 1 unspecified atom stereocenters. The van der Waals surface area contributed by atoms with Gasteiger partial charge in [-0.3, -0.25) is 4.90 Å². The molecule has 1 aliphatic heterocycles. The van der Waals surface area contributed by atoms with Gasteiger partial charge in [-0.25, -0.2) is 0 Å². The maximum Gasteiger partial charge on any atom is 0.120 e. The number of aromatic hydroxyl groups is 1. The monoisotopic (exact) mass is 219 g/mol. The van der Waals surface area contributed by atoms with Crippen molar-refractivity contribution in [3.8, 4) is 5.75 Å². The summed E-state index contributed by atoms with van der Waals surface area (Å²) in [6.07, 6.45) is 3.81.